The molecule has 7 nitrogen and oxygen atoms in total. The first-order valence-corrected chi connectivity index (χ1v) is 9.08. The summed E-state index contributed by atoms with van der Waals surface area (Å²) in [7, 11) is 1.91. The summed E-state index contributed by atoms with van der Waals surface area (Å²) in [4.78, 5) is 16.3. The summed E-state index contributed by atoms with van der Waals surface area (Å²) in [6, 6.07) is 7.09. The molecule has 25 heavy (non-hydrogen) atoms. The average Bonchev–Trinajstić information content (AvgIpc) is 3.09. The average molecular weight is 356 g/mol. The van der Waals surface area contributed by atoms with Crippen molar-refractivity contribution in [3.05, 3.63) is 47.6 Å². The van der Waals surface area contributed by atoms with E-state index in [1.807, 2.05) is 49.1 Å². The van der Waals surface area contributed by atoms with Crippen LogP contribution in [0.1, 0.15) is 12.8 Å². The Balaban J connectivity index is 1.50. The lowest BCUT2D eigenvalue weighted by Gasteiger charge is -2.14. The van der Waals surface area contributed by atoms with Gasteiger partial charge in [0.1, 0.15) is 5.52 Å². The van der Waals surface area contributed by atoms with Crippen molar-refractivity contribution < 1.29 is 4.79 Å². The first-order valence-electron chi connectivity index (χ1n) is 8.03. The molecule has 130 valence electrons. The third kappa shape index (κ3) is 4.48. The fourth-order valence-corrected chi connectivity index (χ4v) is 3.19. The van der Waals surface area contributed by atoms with Gasteiger partial charge in [0, 0.05) is 25.2 Å². The molecule has 1 aliphatic rings. The number of allylic oxidation sites excluding steroid dienone is 2. The molecule has 1 aliphatic heterocycles. The summed E-state index contributed by atoms with van der Waals surface area (Å²) in [6.07, 6.45) is 7.78. The predicted molar refractivity (Wildman–Crippen MR) is 101 cm³/mol. The van der Waals surface area contributed by atoms with Gasteiger partial charge in [0.15, 0.2) is 0 Å². The van der Waals surface area contributed by atoms with Crippen molar-refractivity contribution in [2.75, 3.05) is 12.9 Å². The number of nitrogens with one attached hydrogen (secondary N) is 2. The summed E-state index contributed by atoms with van der Waals surface area (Å²) in [5.41, 5.74) is 2.53. The van der Waals surface area contributed by atoms with Crippen molar-refractivity contribution in [1.82, 2.24) is 25.6 Å². The van der Waals surface area contributed by atoms with Crippen molar-refractivity contribution in [2.24, 2.45) is 10.9 Å². The van der Waals surface area contributed by atoms with Crippen molar-refractivity contribution in [3.8, 4) is 0 Å². The standard InChI is InChI=1S/C17H20N6OS/c1-18-14(10-13-6-8-19-9-7-13)11-25-12-20-17(24)23-16-5-3-2-4-15(16)21-22-23/h2-6,8-9,11,13,18H,7,10,12H2,1H3,(H,20,24)/b14-11-. The number of thioether (sulfide) groups is 1. The number of hydrogen-bond acceptors (Lipinski definition) is 6. The molecule has 0 spiro atoms. The van der Waals surface area contributed by atoms with Crippen LogP contribution in [0.5, 0.6) is 0 Å². The second kappa shape index (κ2) is 8.48. The zero-order valence-electron chi connectivity index (χ0n) is 13.9. The Morgan fingerprint density at radius 1 is 1.44 bits per heavy atom. The number of aliphatic imine (C=N–C) groups is 1. The fourth-order valence-electron chi connectivity index (χ4n) is 2.49. The number of carbonyl (C=O) groups excluding carboxylic acids is 1. The topological polar surface area (TPSA) is 84.2 Å². The summed E-state index contributed by atoms with van der Waals surface area (Å²) in [6.45, 7) is 0. The molecule has 1 atom stereocenters. The molecule has 8 heteroatoms. The zero-order valence-corrected chi connectivity index (χ0v) is 14.7. The monoisotopic (exact) mass is 356 g/mol. The van der Waals surface area contributed by atoms with Crippen molar-refractivity contribution >= 4 is 35.0 Å². The van der Waals surface area contributed by atoms with Crippen LogP contribution in [0.2, 0.25) is 0 Å². The molecule has 0 bridgehead atoms. The molecule has 1 aromatic heterocycles. The van der Waals surface area contributed by atoms with Crippen LogP contribution in [0.3, 0.4) is 0 Å². The van der Waals surface area contributed by atoms with E-state index in [4.69, 9.17) is 0 Å². The van der Waals surface area contributed by atoms with E-state index >= 15 is 0 Å². The number of aromatic nitrogens is 3. The Morgan fingerprint density at radius 2 is 2.32 bits per heavy atom. The minimum Gasteiger partial charge on any atom is -0.391 e. The summed E-state index contributed by atoms with van der Waals surface area (Å²) in [5, 5.41) is 16.0. The van der Waals surface area contributed by atoms with E-state index in [2.05, 4.69) is 32.0 Å². The van der Waals surface area contributed by atoms with Gasteiger partial charge in [0.25, 0.3) is 0 Å². The number of amides is 1. The highest BCUT2D eigenvalue weighted by molar-refractivity contribution is 8.02. The summed E-state index contributed by atoms with van der Waals surface area (Å²) < 4.78 is 1.28. The predicted octanol–water partition coefficient (Wildman–Crippen LogP) is 2.74. The maximum atomic E-state index is 12.2. The molecule has 3 rings (SSSR count). The highest BCUT2D eigenvalue weighted by atomic mass is 32.2. The van der Waals surface area contributed by atoms with Gasteiger partial charge in [-0.15, -0.1) is 16.9 Å². The molecular weight excluding hydrogens is 336 g/mol. The number of rotatable bonds is 6. The molecule has 1 amide bonds. The maximum Gasteiger partial charge on any atom is 0.344 e. The Bertz CT molecular complexity index is 825. The number of fused-ring (bicyclic) bond motifs is 1. The molecule has 0 aliphatic carbocycles. The second-order valence-electron chi connectivity index (χ2n) is 5.55. The first-order chi connectivity index (χ1) is 12.3. The molecule has 0 saturated heterocycles. The lowest BCUT2D eigenvalue weighted by molar-refractivity contribution is 0.241. The second-order valence-corrected chi connectivity index (χ2v) is 6.41. The van der Waals surface area contributed by atoms with Gasteiger partial charge in [0.2, 0.25) is 0 Å². The zero-order chi connectivity index (χ0) is 17.5. The van der Waals surface area contributed by atoms with Crippen LogP contribution in [-0.4, -0.2) is 40.2 Å². The van der Waals surface area contributed by atoms with Gasteiger partial charge in [0.05, 0.1) is 11.4 Å². The number of benzene rings is 1. The van der Waals surface area contributed by atoms with E-state index in [1.54, 1.807) is 0 Å². The van der Waals surface area contributed by atoms with Crippen LogP contribution in [0, 0.1) is 5.92 Å². The third-order valence-corrected chi connectivity index (χ3v) is 4.60. The lowest BCUT2D eigenvalue weighted by atomic mass is 9.99. The molecule has 2 heterocycles. The Kier molecular flexibility index (Phi) is 5.84. The number of hydrogen-bond donors (Lipinski definition) is 2. The minimum atomic E-state index is -0.285. The van der Waals surface area contributed by atoms with Gasteiger partial charge in [-0.2, -0.15) is 4.68 Å². The van der Waals surface area contributed by atoms with E-state index in [0.29, 0.717) is 22.8 Å². The highest BCUT2D eigenvalue weighted by Gasteiger charge is 2.11. The van der Waals surface area contributed by atoms with E-state index in [1.165, 1.54) is 16.4 Å². The summed E-state index contributed by atoms with van der Waals surface area (Å²) >= 11 is 1.53. The quantitative estimate of drug-likeness (QED) is 0.614. The van der Waals surface area contributed by atoms with Gasteiger partial charge < -0.3 is 10.6 Å². The molecule has 0 fully saturated rings. The van der Waals surface area contributed by atoms with Crippen LogP contribution in [0.15, 0.2) is 52.6 Å². The molecular formula is C17H20N6OS. The summed E-state index contributed by atoms with van der Waals surface area (Å²) in [5.74, 6) is 0.924. The lowest BCUT2D eigenvalue weighted by Crippen LogP contribution is -2.28. The SMILES string of the molecule is CN/C(=C\SCNC(=O)n1nnc2ccccc21)CC1C=CN=CC1. The Morgan fingerprint density at radius 3 is 3.12 bits per heavy atom. The Hall–Kier alpha value is -2.61. The van der Waals surface area contributed by atoms with Gasteiger partial charge in [-0.1, -0.05) is 23.4 Å². The van der Waals surface area contributed by atoms with Gasteiger partial charge >= 0.3 is 6.03 Å². The highest BCUT2D eigenvalue weighted by Crippen LogP contribution is 2.19. The van der Waals surface area contributed by atoms with Crippen LogP contribution < -0.4 is 10.6 Å². The molecule has 0 saturated carbocycles. The molecule has 2 aromatic rings. The third-order valence-electron chi connectivity index (χ3n) is 3.84. The number of carbonyl (C=O) groups is 1. The van der Waals surface area contributed by atoms with Gasteiger partial charge in [-0.05, 0) is 36.3 Å². The number of nitrogens with zero attached hydrogens (tertiary/aromatic N) is 4. The van der Waals surface area contributed by atoms with Crippen molar-refractivity contribution in [1.29, 1.82) is 0 Å². The maximum absolute atomic E-state index is 12.2. The smallest absolute Gasteiger partial charge is 0.344 e. The Labute approximate surface area is 150 Å². The van der Waals surface area contributed by atoms with Crippen LogP contribution in [0.4, 0.5) is 4.79 Å². The van der Waals surface area contributed by atoms with Crippen LogP contribution >= 0.6 is 11.8 Å². The van der Waals surface area contributed by atoms with E-state index in [9.17, 15) is 4.79 Å². The molecule has 1 aromatic carbocycles. The van der Waals surface area contributed by atoms with Crippen molar-refractivity contribution in [3.63, 3.8) is 0 Å². The molecule has 1 unspecified atom stereocenters. The fraction of sp³-hybridized carbons (Fsp3) is 0.294. The van der Waals surface area contributed by atoms with Crippen LogP contribution in [-0.2, 0) is 0 Å². The largest absolute Gasteiger partial charge is 0.391 e. The van der Waals surface area contributed by atoms with Crippen molar-refractivity contribution in [2.45, 2.75) is 12.8 Å². The van der Waals surface area contributed by atoms with Crippen LogP contribution in [0.25, 0.3) is 11.0 Å². The van der Waals surface area contributed by atoms with E-state index in [0.717, 1.165) is 18.5 Å². The minimum absolute atomic E-state index is 0.285. The van der Waals surface area contributed by atoms with E-state index < -0.39 is 0 Å². The first kappa shape index (κ1) is 17.2. The number of para-hydroxylation sites is 1. The van der Waals surface area contributed by atoms with Gasteiger partial charge in [-0.25, -0.2) is 4.79 Å². The molecule has 2 N–H and O–H groups in total. The van der Waals surface area contributed by atoms with E-state index in [-0.39, 0.29) is 6.03 Å². The van der Waals surface area contributed by atoms with Gasteiger partial charge in [-0.3, -0.25) is 4.99 Å². The normalized spacial score (nSPS) is 17.0. The molecule has 0 radical (unpaired) electrons.